The first kappa shape index (κ1) is 13.9. The topological polar surface area (TPSA) is 82.5 Å². The van der Waals surface area contributed by atoms with Crippen molar-refractivity contribution in [2.24, 2.45) is 0 Å². The van der Waals surface area contributed by atoms with E-state index in [1.165, 1.54) is 12.3 Å². The third kappa shape index (κ3) is 4.32. The van der Waals surface area contributed by atoms with E-state index >= 15 is 0 Å². The van der Waals surface area contributed by atoms with Crippen molar-refractivity contribution in [2.45, 2.75) is 25.9 Å². The van der Waals surface area contributed by atoms with E-state index in [0.717, 1.165) is 6.42 Å². The Morgan fingerprint density at radius 2 is 2.35 bits per heavy atom. The Hall–Kier alpha value is -1.14. The van der Waals surface area contributed by atoms with Gasteiger partial charge in [0.05, 0.1) is 6.10 Å². The molecular formula is C11H15BrN2O3. The molecule has 0 bridgehead atoms. The largest absolute Gasteiger partial charge is 0.478 e. The average molecular weight is 303 g/mol. The van der Waals surface area contributed by atoms with Gasteiger partial charge in [0, 0.05) is 17.2 Å². The van der Waals surface area contributed by atoms with Crippen molar-refractivity contribution < 1.29 is 15.0 Å². The summed E-state index contributed by atoms with van der Waals surface area (Å²) < 4.78 is 0.606. The molecule has 1 atom stereocenters. The molecule has 1 aromatic rings. The lowest BCUT2D eigenvalue weighted by Crippen LogP contribution is -2.21. The number of rotatable bonds is 6. The predicted molar refractivity (Wildman–Crippen MR) is 68.3 cm³/mol. The normalized spacial score (nSPS) is 12.2. The highest BCUT2D eigenvalue weighted by Gasteiger charge is 2.13. The average Bonchev–Trinajstić information content (AvgIpc) is 2.27. The van der Waals surface area contributed by atoms with Crippen molar-refractivity contribution in [1.29, 1.82) is 0 Å². The Morgan fingerprint density at radius 1 is 1.65 bits per heavy atom. The van der Waals surface area contributed by atoms with Gasteiger partial charge in [0.25, 0.3) is 0 Å². The van der Waals surface area contributed by atoms with E-state index in [0.29, 0.717) is 17.4 Å². The van der Waals surface area contributed by atoms with Gasteiger partial charge in [-0.05, 0) is 28.4 Å². The molecule has 17 heavy (non-hydrogen) atoms. The van der Waals surface area contributed by atoms with Crippen LogP contribution in [0.5, 0.6) is 0 Å². The molecule has 0 amide bonds. The molecule has 0 saturated carbocycles. The van der Waals surface area contributed by atoms with Crippen LogP contribution in [0.3, 0.4) is 0 Å². The van der Waals surface area contributed by atoms with Crippen molar-refractivity contribution >= 4 is 27.7 Å². The molecule has 0 aliphatic heterocycles. The number of nitrogens with zero attached hydrogens (tertiary/aromatic N) is 1. The Labute approximate surface area is 108 Å². The highest BCUT2D eigenvalue weighted by atomic mass is 79.9. The highest BCUT2D eigenvalue weighted by molar-refractivity contribution is 9.10. The van der Waals surface area contributed by atoms with Gasteiger partial charge in [-0.25, -0.2) is 9.78 Å². The minimum absolute atomic E-state index is 0.0862. The molecule has 0 aliphatic rings. The second kappa shape index (κ2) is 6.56. The summed E-state index contributed by atoms with van der Waals surface area (Å²) in [7, 11) is 0. The lowest BCUT2D eigenvalue weighted by Gasteiger charge is -2.12. The Kier molecular flexibility index (Phi) is 5.37. The summed E-state index contributed by atoms with van der Waals surface area (Å²) in [6.45, 7) is 2.27. The number of aromatic nitrogens is 1. The number of aromatic carboxylic acids is 1. The zero-order valence-electron chi connectivity index (χ0n) is 9.48. The fourth-order valence-electron chi connectivity index (χ4n) is 1.39. The van der Waals surface area contributed by atoms with Crippen LogP contribution in [-0.4, -0.2) is 33.8 Å². The molecule has 0 fully saturated rings. The standard InChI is InChI=1S/C11H15BrN2O3/c1-2-3-8(15)6-14-10-9(11(16)17)4-7(12)5-13-10/h4-5,8,15H,2-3,6H2,1H3,(H,13,14)(H,16,17). The second-order valence-electron chi connectivity index (χ2n) is 3.68. The van der Waals surface area contributed by atoms with Gasteiger partial charge >= 0.3 is 5.97 Å². The summed E-state index contributed by atoms with van der Waals surface area (Å²) in [5.74, 6) is -0.776. The van der Waals surface area contributed by atoms with Gasteiger partial charge in [-0.3, -0.25) is 0 Å². The van der Waals surface area contributed by atoms with Gasteiger partial charge in [0.2, 0.25) is 0 Å². The maximum absolute atomic E-state index is 11.0. The summed E-state index contributed by atoms with van der Waals surface area (Å²) in [6, 6.07) is 1.48. The highest BCUT2D eigenvalue weighted by Crippen LogP contribution is 2.18. The van der Waals surface area contributed by atoms with Crippen LogP contribution in [0.2, 0.25) is 0 Å². The smallest absolute Gasteiger partial charge is 0.339 e. The van der Waals surface area contributed by atoms with Gasteiger partial charge < -0.3 is 15.5 Å². The van der Waals surface area contributed by atoms with Crippen LogP contribution in [0.1, 0.15) is 30.1 Å². The number of carbonyl (C=O) groups is 1. The summed E-state index contributed by atoms with van der Waals surface area (Å²) in [5.41, 5.74) is 0.0862. The molecule has 1 unspecified atom stereocenters. The van der Waals surface area contributed by atoms with Gasteiger partial charge in [-0.1, -0.05) is 13.3 Å². The fourth-order valence-corrected chi connectivity index (χ4v) is 1.72. The fraction of sp³-hybridized carbons (Fsp3) is 0.455. The molecule has 1 heterocycles. The van der Waals surface area contributed by atoms with Crippen molar-refractivity contribution in [3.8, 4) is 0 Å². The number of aliphatic hydroxyl groups is 1. The summed E-state index contributed by atoms with van der Waals surface area (Å²) >= 11 is 3.17. The second-order valence-corrected chi connectivity index (χ2v) is 4.59. The van der Waals surface area contributed by atoms with Gasteiger partial charge in [0.1, 0.15) is 11.4 Å². The zero-order chi connectivity index (χ0) is 12.8. The number of halogens is 1. The van der Waals surface area contributed by atoms with E-state index in [-0.39, 0.29) is 11.4 Å². The van der Waals surface area contributed by atoms with Crippen LogP contribution in [-0.2, 0) is 0 Å². The van der Waals surface area contributed by atoms with Crippen molar-refractivity contribution in [2.75, 3.05) is 11.9 Å². The minimum atomic E-state index is -1.05. The summed E-state index contributed by atoms with van der Waals surface area (Å²) in [5, 5.41) is 21.4. The van der Waals surface area contributed by atoms with E-state index in [1.807, 2.05) is 6.92 Å². The lowest BCUT2D eigenvalue weighted by molar-refractivity contribution is 0.0697. The van der Waals surface area contributed by atoms with Crippen LogP contribution in [0.15, 0.2) is 16.7 Å². The van der Waals surface area contributed by atoms with E-state index in [4.69, 9.17) is 5.11 Å². The van der Waals surface area contributed by atoms with Gasteiger partial charge in [0.15, 0.2) is 0 Å². The molecule has 1 aromatic heterocycles. The number of hydrogen-bond acceptors (Lipinski definition) is 4. The summed E-state index contributed by atoms with van der Waals surface area (Å²) in [6.07, 6.45) is 2.57. The van der Waals surface area contributed by atoms with Crippen molar-refractivity contribution in [3.05, 3.63) is 22.3 Å². The molecule has 3 N–H and O–H groups in total. The Bertz CT molecular complexity index is 398. The molecule has 0 saturated heterocycles. The first-order valence-electron chi connectivity index (χ1n) is 5.35. The molecule has 0 aromatic carbocycles. The Balaban J connectivity index is 2.73. The quantitative estimate of drug-likeness (QED) is 0.750. The molecule has 1 rings (SSSR count). The van der Waals surface area contributed by atoms with Gasteiger partial charge in [-0.15, -0.1) is 0 Å². The van der Waals surface area contributed by atoms with Crippen LogP contribution >= 0.6 is 15.9 Å². The van der Waals surface area contributed by atoms with E-state index < -0.39 is 12.1 Å². The molecule has 94 valence electrons. The molecule has 6 heteroatoms. The van der Waals surface area contributed by atoms with Crippen LogP contribution in [0, 0.1) is 0 Å². The number of anilines is 1. The first-order valence-corrected chi connectivity index (χ1v) is 6.14. The molecule has 0 radical (unpaired) electrons. The Morgan fingerprint density at radius 3 is 2.94 bits per heavy atom. The van der Waals surface area contributed by atoms with E-state index in [1.54, 1.807) is 0 Å². The number of pyridine rings is 1. The molecular weight excluding hydrogens is 288 g/mol. The van der Waals surface area contributed by atoms with Crippen LogP contribution in [0.25, 0.3) is 0 Å². The van der Waals surface area contributed by atoms with Crippen LogP contribution < -0.4 is 5.32 Å². The van der Waals surface area contributed by atoms with E-state index in [2.05, 4.69) is 26.2 Å². The number of carboxylic acid groups (broad SMARTS) is 1. The van der Waals surface area contributed by atoms with Gasteiger partial charge in [-0.2, -0.15) is 0 Å². The van der Waals surface area contributed by atoms with E-state index in [9.17, 15) is 9.90 Å². The monoisotopic (exact) mass is 302 g/mol. The van der Waals surface area contributed by atoms with Crippen molar-refractivity contribution in [1.82, 2.24) is 4.98 Å². The zero-order valence-corrected chi connectivity index (χ0v) is 11.1. The summed E-state index contributed by atoms with van der Waals surface area (Å²) in [4.78, 5) is 15.0. The third-order valence-electron chi connectivity index (χ3n) is 2.21. The number of carboxylic acids is 1. The molecule has 0 aliphatic carbocycles. The molecule has 5 nitrogen and oxygen atoms in total. The maximum Gasteiger partial charge on any atom is 0.339 e. The van der Waals surface area contributed by atoms with Crippen LogP contribution in [0.4, 0.5) is 5.82 Å². The number of aliphatic hydroxyl groups excluding tert-OH is 1. The number of hydrogen-bond donors (Lipinski definition) is 3. The molecule has 0 spiro atoms. The van der Waals surface area contributed by atoms with Crippen molar-refractivity contribution in [3.63, 3.8) is 0 Å². The third-order valence-corrected chi connectivity index (χ3v) is 2.65. The number of nitrogens with one attached hydrogen (secondary N) is 1. The first-order chi connectivity index (χ1) is 8.04. The lowest BCUT2D eigenvalue weighted by atomic mass is 10.2. The minimum Gasteiger partial charge on any atom is -0.478 e. The SMILES string of the molecule is CCCC(O)CNc1ncc(Br)cc1C(=O)O. The predicted octanol–water partition coefficient (Wildman–Crippen LogP) is 2.12. The maximum atomic E-state index is 11.0.